The molecule has 4 nitrogen and oxygen atoms in total. The summed E-state index contributed by atoms with van der Waals surface area (Å²) in [5.74, 6) is 0. The van der Waals surface area contributed by atoms with Crippen LogP contribution in [0.3, 0.4) is 0 Å². The first-order valence-corrected chi connectivity index (χ1v) is 4.88. The summed E-state index contributed by atoms with van der Waals surface area (Å²) in [5, 5.41) is 0. The van der Waals surface area contributed by atoms with Crippen LogP contribution in [0.25, 0.3) is 0 Å². The smallest absolute Gasteiger partial charge is 0.460 e. The Kier molecular flexibility index (Phi) is 19.6. The van der Waals surface area contributed by atoms with Crippen LogP contribution in [-0.4, -0.2) is 72.2 Å². The zero-order valence-electron chi connectivity index (χ0n) is 8.17. The van der Waals surface area contributed by atoms with Crippen molar-refractivity contribution in [2.24, 2.45) is 0 Å². The minimum Gasteiger partial charge on any atom is -0.460 e. The van der Waals surface area contributed by atoms with Crippen molar-refractivity contribution in [3.8, 4) is 0 Å². The minimum absolute atomic E-state index is 0. The van der Waals surface area contributed by atoms with Gasteiger partial charge in [-0.3, -0.25) is 0 Å². The molecule has 12 heavy (non-hydrogen) atoms. The Morgan fingerprint density at radius 2 is 1.33 bits per heavy atom. The number of ether oxygens (including phenoxy) is 2. The van der Waals surface area contributed by atoms with Gasteiger partial charge in [0.25, 0.3) is 0 Å². The molecular weight excluding hydrogens is 186 g/mol. The fourth-order valence-electron chi connectivity index (χ4n) is 0.411. The molecule has 0 aromatic rings. The molecule has 0 aromatic carbocycles. The van der Waals surface area contributed by atoms with Crippen molar-refractivity contribution in [2.45, 2.75) is 13.8 Å². The average Bonchev–Trinajstić information content (AvgIpc) is 2.03. The Balaban J connectivity index is 0. The SMILES string of the molecule is CCOC[O][AlH][O]COCC.[Na]. The van der Waals surface area contributed by atoms with Gasteiger partial charge < -0.3 is 17.1 Å². The van der Waals surface area contributed by atoms with Crippen molar-refractivity contribution in [3.05, 3.63) is 0 Å². The molecule has 0 aliphatic carbocycles. The predicted molar refractivity (Wildman–Crippen MR) is 48.1 cm³/mol. The molecule has 0 bridgehead atoms. The van der Waals surface area contributed by atoms with E-state index in [0.717, 1.165) is 0 Å². The van der Waals surface area contributed by atoms with Gasteiger partial charge in [-0.15, -0.1) is 0 Å². The Hall–Kier alpha value is 1.37. The number of hydrogen-bond acceptors (Lipinski definition) is 4. The molecule has 6 heteroatoms. The molecule has 0 rings (SSSR count). The normalized spacial score (nSPS) is 9.17. The molecule has 0 saturated heterocycles. The Morgan fingerprint density at radius 1 is 0.917 bits per heavy atom. The number of rotatable bonds is 8. The molecule has 1 radical (unpaired) electrons. The van der Waals surface area contributed by atoms with Crippen molar-refractivity contribution in [2.75, 3.05) is 26.8 Å². The summed E-state index contributed by atoms with van der Waals surface area (Å²) in [4.78, 5) is 0. The van der Waals surface area contributed by atoms with Gasteiger partial charge in [0.05, 0.1) is 0 Å². The fourth-order valence-corrected chi connectivity index (χ4v) is 0.901. The largest absolute Gasteiger partial charge is 0.652 e. The second-order valence-electron chi connectivity index (χ2n) is 1.75. The monoisotopic (exact) mass is 201 g/mol. The van der Waals surface area contributed by atoms with Crippen LogP contribution in [0.1, 0.15) is 13.8 Å². The summed E-state index contributed by atoms with van der Waals surface area (Å²) in [7, 11) is 0. The van der Waals surface area contributed by atoms with Crippen molar-refractivity contribution < 1.29 is 17.1 Å². The Labute approximate surface area is 103 Å². The van der Waals surface area contributed by atoms with Gasteiger partial charge in [-0.05, 0) is 13.8 Å². The van der Waals surface area contributed by atoms with Crippen LogP contribution in [0.2, 0.25) is 0 Å². The molecule has 0 saturated carbocycles. The van der Waals surface area contributed by atoms with Crippen LogP contribution >= 0.6 is 0 Å². The molecule has 0 heterocycles. The van der Waals surface area contributed by atoms with E-state index in [2.05, 4.69) is 0 Å². The van der Waals surface area contributed by atoms with Crippen LogP contribution in [0.15, 0.2) is 0 Å². The molecule has 0 fully saturated rings. The van der Waals surface area contributed by atoms with Crippen LogP contribution < -0.4 is 0 Å². The molecule has 0 aliphatic heterocycles. The van der Waals surface area contributed by atoms with Crippen molar-refractivity contribution in [3.63, 3.8) is 0 Å². The molecule has 0 aliphatic rings. The van der Waals surface area contributed by atoms with E-state index in [1.54, 1.807) is 0 Å². The Morgan fingerprint density at radius 3 is 1.67 bits per heavy atom. The fraction of sp³-hybridized carbons (Fsp3) is 1.00. The predicted octanol–water partition coefficient (Wildman–Crippen LogP) is -0.107. The minimum atomic E-state index is -0.879. The van der Waals surface area contributed by atoms with Gasteiger partial charge in [-0.25, -0.2) is 0 Å². The summed E-state index contributed by atoms with van der Waals surface area (Å²) in [6, 6.07) is 0. The first-order valence-electron chi connectivity index (χ1n) is 3.72. The maximum absolute atomic E-state index is 5.04. The standard InChI is InChI=1S/2C3H7O2.Al.Na.H/c2*1-2-5-3-4;;;/h2*2-3H2,1H3;;;/q2*-1;+2;;. The zero-order valence-corrected chi connectivity index (χ0v) is 11.6. The third-order valence-corrected chi connectivity index (χ3v) is 1.57. The zero-order chi connectivity index (χ0) is 8.36. The summed E-state index contributed by atoms with van der Waals surface area (Å²) in [5.41, 5.74) is 0. The maximum Gasteiger partial charge on any atom is 0.652 e. The van der Waals surface area contributed by atoms with E-state index in [-0.39, 0.29) is 29.6 Å². The van der Waals surface area contributed by atoms with E-state index in [0.29, 0.717) is 26.8 Å². The average molecular weight is 201 g/mol. The van der Waals surface area contributed by atoms with Gasteiger partial charge in [0, 0.05) is 42.8 Å². The second kappa shape index (κ2) is 14.9. The van der Waals surface area contributed by atoms with Crippen LogP contribution in [-0.2, 0) is 17.1 Å². The summed E-state index contributed by atoms with van der Waals surface area (Å²) < 4.78 is 19.9. The molecule has 0 N–H and O–H groups in total. The molecular formula is C6H15AlNaO4. The quantitative estimate of drug-likeness (QED) is 0.312. The molecule has 0 atom stereocenters. The van der Waals surface area contributed by atoms with E-state index in [4.69, 9.17) is 17.1 Å². The first-order chi connectivity index (χ1) is 5.41. The number of hydrogen-bond donors (Lipinski definition) is 0. The van der Waals surface area contributed by atoms with E-state index in [1.807, 2.05) is 13.8 Å². The molecule has 0 unspecified atom stereocenters. The van der Waals surface area contributed by atoms with Crippen molar-refractivity contribution in [1.82, 2.24) is 0 Å². The summed E-state index contributed by atoms with van der Waals surface area (Å²) in [6.07, 6.45) is 0. The topological polar surface area (TPSA) is 36.9 Å². The van der Waals surface area contributed by atoms with E-state index in [1.165, 1.54) is 0 Å². The summed E-state index contributed by atoms with van der Waals surface area (Å²) >= 11 is -0.879. The van der Waals surface area contributed by atoms with Crippen LogP contribution in [0.4, 0.5) is 0 Å². The van der Waals surface area contributed by atoms with Gasteiger partial charge in [-0.1, -0.05) is 0 Å². The third kappa shape index (κ3) is 13.9. The van der Waals surface area contributed by atoms with Gasteiger partial charge in [0.1, 0.15) is 13.6 Å². The van der Waals surface area contributed by atoms with Gasteiger partial charge in [0.2, 0.25) is 0 Å². The van der Waals surface area contributed by atoms with Gasteiger partial charge in [0.15, 0.2) is 0 Å². The van der Waals surface area contributed by atoms with E-state index in [9.17, 15) is 0 Å². The van der Waals surface area contributed by atoms with Crippen molar-refractivity contribution >= 4 is 45.4 Å². The molecule has 0 aromatic heterocycles. The van der Waals surface area contributed by atoms with Crippen LogP contribution in [0.5, 0.6) is 0 Å². The van der Waals surface area contributed by atoms with Gasteiger partial charge >= 0.3 is 15.9 Å². The maximum atomic E-state index is 5.04. The molecule has 0 spiro atoms. The summed E-state index contributed by atoms with van der Waals surface area (Å²) in [6.45, 7) is 5.89. The molecule has 67 valence electrons. The van der Waals surface area contributed by atoms with Gasteiger partial charge in [-0.2, -0.15) is 0 Å². The first kappa shape index (κ1) is 15.8. The third-order valence-electron chi connectivity index (χ3n) is 0.908. The van der Waals surface area contributed by atoms with E-state index < -0.39 is 15.9 Å². The second-order valence-corrected chi connectivity index (χ2v) is 2.80. The molecule has 0 amide bonds. The Bertz CT molecular complexity index is 68.6. The van der Waals surface area contributed by atoms with Crippen LogP contribution in [0, 0.1) is 0 Å². The van der Waals surface area contributed by atoms with E-state index >= 15 is 0 Å². The van der Waals surface area contributed by atoms with Crippen molar-refractivity contribution in [1.29, 1.82) is 0 Å².